The summed E-state index contributed by atoms with van der Waals surface area (Å²) in [5.41, 5.74) is 2.64. The highest BCUT2D eigenvalue weighted by Gasteiger charge is 2.32. The summed E-state index contributed by atoms with van der Waals surface area (Å²) in [6.45, 7) is 1.20. The first-order valence-electron chi connectivity index (χ1n) is 8.86. The number of benzene rings is 2. The minimum absolute atomic E-state index is 0.0888. The van der Waals surface area contributed by atoms with Crippen molar-refractivity contribution in [3.8, 4) is 17.2 Å². The second-order valence-electron chi connectivity index (χ2n) is 6.55. The van der Waals surface area contributed by atoms with Crippen LogP contribution in [0.15, 0.2) is 42.2 Å². The second kappa shape index (κ2) is 6.19. The number of aromatic amines is 1. The predicted molar refractivity (Wildman–Crippen MR) is 105 cm³/mol. The number of imidazole rings is 1. The molecule has 0 atom stereocenters. The average molecular weight is 378 g/mol. The van der Waals surface area contributed by atoms with E-state index in [0.717, 1.165) is 16.7 Å². The summed E-state index contributed by atoms with van der Waals surface area (Å²) in [5, 5.41) is 19.2. The molecule has 2 aromatic carbocycles. The van der Waals surface area contributed by atoms with Crippen molar-refractivity contribution >= 4 is 28.1 Å². The Kier molecular flexibility index (Phi) is 3.65. The van der Waals surface area contributed by atoms with E-state index in [1.54, 1.807) is 12.0 Å². The maximum Gasteiger partial charge on any atom is 0.163 e. The normalized spacial score (nSPS) is 16.2. The second-order valence-corrected chi connectivity index (χ2v) is 6.55. The van der Waals surface area contributed by atoms with Gasteiger partial charge < -0.3 is 29.2 Å². The lowest BCUT2D eigenvalue weighted by Crippen LogP contribution is -2.26. The Morgan fingerprint density at radius 2 is 1.96 bits per heavy atom. The van der Waals surface area contributed by atoms with E-state index >= 15 is 0 Å². The Morgan fingerprint density at radius 1 is 1.14 bits per heavy atom. The molecule has 1 aromatic heterocycles. The zero-order valence-corrected chi connectivity index (χ0v) is 15.2. The van der Waals surface area contributed by atoms with E-state index in [-0.39, 0.29) is 18.1 Å². The standard InChI is InChI=1S/C20H18N4O4/c1-26-12-3-4-13-14(9-12)23-20(22-13)18-15(25)10-24(19(18)21)11-2-5-16-17(8-11)28-7-6-27-16/h2-5,8-9,21,25H,6-7,10H2,1H3,(H,22,23). The van der Waals surface area contributed by atoms with Crippen LogP contribution in [0, 0.1) is 5.41 Å². The minimum atomic E-state index is 0.0888. The van der Waals surface area contributed by atoms with Crippen molar-refractivity contribution in [2.75, 3.05) is 31.8 Å². The Bertz CT molecular complexity index is 1130. The van der Waals surface area contributed by atoms with Crippen molar-refractivity contribution in [1.29, 1.82) is 5.41 Å². The Hall–Kier alpha value is -3.68. The zero-order chi connectivity index (χ0) is 19.3. The number of ether oxygens (including phenoxy) is 3. The smallest absolute Gasteiger partial charge is 0.163 e. The molecule has 3 heterocycles. The number of hydrogen-bond donors (Lipinski definition) is 3. The number of aliphatic hydroxyl groups excluding tert-OH is 1. The average Bonchev–Trinajstić information content (AvgIpc) is 3.26. The largest absolute Gasteiger partial charge is 0.509 e. The quantitative estimate of drug-likeness (QED) is 0.647. The summed E-state index contributed by atoms with van der Waals surface area (Å²) in [6, 6.07) is 11.0. The van der Waals surface area contributed by atoms with Gasteiger partial charge in [0.15, 0.2) is 11.5 Å². The molecule has 28 heavy (non-hydrogen) atoms. The van der Waals surface area contributed by atoms with Gasteiger partial charge in [-0.1, -0.05) is 0 Å². The van der Waals surface area contributed by atoms with Crippen molar-refractivity contribution in [2.24, 2.45) is 0 Å². The SMILES string of the molecule is COc1ccc2nc(C3=C(O)CN(c4ccc5c(c4)OCCO5)C3=N)[nH]c2c1. The van der Waals surface area contributed by atoms with E-state index in [4.69, 9.17) is 19.6 Å². The highest BCUT2D eigenvalue weighted by atomic mass is 16.6. The van der Waals surface area contributed by atoms with Gasteiger partial charge in [0, 0.05) is 17.8 Å². The lowest BCUT2D eigenvalue weighted by molar-refractivity contribution is 0.171. The van der Waals surface area contributed by atoms with Gasteiger partial charge in [0.1, 0.15) is 36.4 Å². The first-order chi connectivity index (χ1) is 13.6. The molecule has 0 fully saturated rings. The summed E-state index contributed by atoms with van der Waals surface area (Å²) in [4.78, 5) is 9.41. The monoisotopic (exact) mass is 378 g/mol. The third kappa shape index (κ3) is 2.53. The number of aliphatic hydroxyl groups is 1. The van der Waals surface area contributed by atoms with Crippen LogP contribution in [0.5, 0.6) is 17.2 Å². The van der Waals surface area contributed by atoms with Crippen LogP contribution in [0.1, 0.15) is 5.82 Å². The van der Waals surface area contributed by atoms with Gasteiger partial charge in [0.25, 0.3) is 0 Å². The highest BCUT2D eigenvalue weighted by molar-refractivity contribution is 6.30. The number of fused-ring (bicyclic) bond motifs is 2. The summed E-state index contributed by atoms with van der Waals surface area (Å²) >= 11 is 0. The van der Waals surface area contributed by atoms with Crippen molar-refractivity contribution in [3.63, 3.8) is 0 Å². The summed E-state index contributed by atoms with van der Waals surface area (Å²) in [7, 11) is 1.60. The van der Waals surface area contributed by atoms with Crippen molar-refractivity contribution in [1.82, 2.24) is 9.97 Å². The maximum atomic E-state index is 10.6. The molecule has 8 nitrogen and oxygen atoms in total. The first-order valence-corrected chi connectivity index (χ1v) is 8.86. The molecular weight excluding hydrogens is 360 g/mol. The lowest BCUT2D eigenvalue weighted by Gasteiger charge is -2.23. The first kappa shape index (κ1) is 16.5. The number of H-pyrrole nitrogens is 1. The van der Waals surface area contributed by atoms with Gasteiger partial charge >= 0.3 is 0 Å². The maximum absolute atomic E-state index is 10.6. The van der Waals surface area contributed by atoms with Crippen LogP contribution in [0.25, 0.3) is 16.6 Å². The summed E-state index contributed by atoms with van der Waals surface area (Å²) < 4.78 is 16.4. The van der Waals surface area contributed by atoms with Gasteiger partial charge in [-0.25, -0.2) is 4.98 Å². The Balaban J connectivity index is 1.49. The number of anilines is 1. The van der Waals surface area contributed by atoms with E-state index in [0.29, 0.717) is 41.9 Å². The van der Waals surface area contributed by atoms with Crippen LogP contribution < -0.4 is 19.1 Å². The van der Waals surface area contributed by atoms with Crippen molar-refractivity contribution < 1.29 is 19.3 Å². The molecule has 142 valence electrons. The topological polar surface area (TPSA) is 104 Å². The van der Waals surface area contributed by atoms with E-state index in [9.17, 15) is 5.11 Å². The van der Waals surface area contributed by atoms with Gasteiger partial charge in [-0.3, -0.25) is 5.41 Å². The van der Waals surface area contributed by atoms with Gasteiger partial charge in [0.2, 0.25) is 0 Å². The lowest BCUT2D eigenvalue weighted by atomic mass is 10.2. The van der Waals surface area contributed by atoms with E-state index < -0.39 is 0 Å². The minimum Gasteiger partial charge on any atom is -0.509 e. The fourth-order valence-electron chi connectivity index (χ4n) is 3.48. The van der Waals surface area contributed by atoms with Crippen LogP contribution in [0.4, 0.5) is 5.69 Å². The molecule has 0 saturated carbocycles. The van der Waals surface area contributed by atoms with Crippen LogP contribution in [0.2, 0.25) is 0 Å². The molecule has 3 aromatic rings. The number of aromatic nitrogens is 2. The molecule has 0 radical (unpaired) electrons. The zero-order valence-electron chi connectivity index (χ0n) is 15.2. The fourth-order valence-corrected chi connectivity index (χ4v) is 3.48. The van der Waals surface area contributed by atoms with Crippen molar-refractivity contribution in [3.05, 3.63) is 48.0 Å². The number of methoxy groups -OCH3 is 1. The van der Waals surface area contributed by atoms with Crippen LogP contribution in [0.3, 0.4) is 0 Å². The molecule has 3 N–H and O–H groups in total. The number of hydrogen-bond acceptors (Lipinski definition) is 6. The van der Waals surface area contributed by atoms with Crippen LogP contribution in [-0.4, -0.2) is 47.8 Å². The Labute approximate surface area is 160 Å². The molecule has 2 aliphatic rings. The van der Waals surface area contributed by atoms with Crippen LogP contribution in [-0.2, 0) is 0 Å². The van der Waals surface area contributed by atoms with E-state index in [2.05, 4.69) is 9.97 Å². The number of nitrogens with one attached hydrogen (secondary N) is 2. The molecule has 0 bridgehead atoms. The molecule has 8 heteroatoms. The van der Waals surface area contributed by atoms with Crippen molar-refractivity contribution in [2.45, 2.75) is 0 Å². The number of rotatable bonds is 3. The van der Waals surface area contributed by atoms with E-state index in [1.165, 1.54) is 0 Å². The van der Waals surface area contributed by atoms with Gasteiger partial charge in [0.05, 0.1) is 30.3 Å². The summed E-state index contributed by atoms with van der Waals surface area (Å²) in [6.07, 6.45) is 0. The van der Waals surface area contributed by atoms with Crippen LogP contribution >= 0.6 is 0 Å². The molecule has 0 spiro atoms. The molecule has 0 amide bonds. The molecule has 0 aliphatic carbocycles. The third-order valence-corrected chi connectivity index (χ3v) is 4.87. The molecular formula is C20H18N4O4. The highest BCUT2D eigenvalue weighted by Crippen LogP contribution is 2.37. The number of nitrogens with zero attached hydrogens (tertiary/aromatic N) is 2. The third-order valence-electron chi connectivity index (χ3n) is 4.87. The Morgan fingerprint density at radius 3 is 2.79 bits per heavy atom. The molecule has 2 aliphatic heterocycles. The molecule has 0 saturated heterocycles. The van der Waals surface area contributed by atoms with Gasteiger partial charge in [-0.15, -0.1) is 0 Å². The van der Waals surface area contributed by atoms with E-state index in [1.807, 2.05) is 36.4 Å². The summed E-state index contributed by atoms with van der Waals surface area (Å²) in [5.74, 6) is 2.74. The molecule has 5 rings (SSSR count). The predicted octanol–water partition coefficient (Wildman–Crippen LogP) is 3.11. The number of amidine groups is 1. The molecule has 0 unspecified atom stereocenters. The fraction of sp³-hybridized carbons (Fsp3) is 0.200. The van der Waals surface area contributed by atoms with Gasteiger partial charge in [-0.05, 0) is 24.3 Å². The van der Waals surface area contributed by atoms with Gasteiger partial charge in [-0.2, -0.15) is 0 Å².